The zero-order valence-corrected chi connectivity index (χ0v) is 8.80. The van der Waals surface area contributed by atoms with Crippen molar-refractivity contribution in [3.05, 3.63) is 11.6 Å². The predicted octanol–water partition coefficient (Wildman–Crippen LogP) is 1.72. The van der Waals surface area contributed by atoms with Crippen LogP contribution < -0.4 is 0 Å². The van der Waals surface area contributed by atoms with Gasteiger partial charge >= 0.3 is 0 Å². The van der Waals surface area contributed by atoms with E-state index in [0.717, 1.165) is 12.8 Å². The fourth-order valence-electron chi connectivity index (χ4n) is 2.21. The van der Waals surface area contributed by atoms with Crippen molar-refractivity contribution in [2.24, 2.45) is 10.8 Å². The molecule has 13 heavy (non-hydrogen) atoms. The van der Waals surface area contributed by atoms with Gasteiger partial charge in [-0.1, -0.05) is 25.5 Å². The maximum atomic E-state index is 9.37. The second-order valence-electron chi connectivity index (χ2n) is 4.91. The molecule has 0 saturated heterocycles. The van der Waals surface area contributed by atoms with Gasteiger partial charge in [-0.05, 0) is 25.2 Å². The van der Waals surface area contributed by atoms with Crippen LogP contribution in [0.25, 0.3) is 0 Å². The summed E-state index contributed by atoms with van der Waals surface area (Å²) in [5, 5.41) is 18.7. The molecule has 0 atom stereocenters. The van der Waals surface area contributed by atoms with Gasteiger partial charge in [0.05, 0.1) is 13.2 Å². The summed E-state index contributed by atoms with van der Waals surface area (Å²) in [6.45, 7) is 6.49. The molecule has 0 spiro atoms. The molecule has 0 aliphatic heterocycles. The number of aliphatic hydroxyl groups excluding tert-OH is 2. The Morgan fingerprint density at radius 2 is 1.85 bits per heavy atom. The summed E-state index contributed by atoms with van der Waals surface area (Å²) in [5.41, 5.74) is 1.03. The molecular weight excluding hydrogens is 164 g/mol. The number of rotatable bonds is 2. The maximum Gasteiger partial charge on any atom is 0.0517 e. The van der Waals surface area contributed by atoms with Gasteiger partial charge in [0, 0.05) is 5.41 Å². The number of aliphatic hydroxyl groups is 2. The Morgan fingerprint density at radius 3 is 2.23 bits per heavy atom. The first-order valence-corrected chi connectivity index (χ1v) is 4.85. The summed E-state index contributed by atoms with van der Waals surface area (Å²) in [7, 11) is 0. The van der Waals surface area contributed by atoms with E-state index in [1.54, 1.807) is 0 Å². The van der Waals surface area contributed by atoms with Gasteiger partial charge in [0.1, 0.15) is 0 Å². The van der Waals surface area contributed by atoms with Crippen molar-refractivity contribution in [2.75, 3.05) is 13.2 Å². The van der Waals surface area contributed by atoms with Gasteiger partial charge in [-0.3, -0.25) is 0 Å². The van der Waals surface area contributed by atoms with E-state index in [1.807, 2.05) is 0 Å². The van der Waals surface area contributed by atoms with Crippen molar-refractivity contribution in [1.29, 1.82) is 0 Å². The van der Waals surface area contributed by atoms with Gasteiger partial charge in [0.25, 0.3) is 0 Å². The van der Waals surface area contributed by atoms with E-state index < -0.39 is 0 Å². The molecule has 76 valence electrons. The lowest BCUT2D eigenvalue weighted by Gasteiger charge is -2.47. The summed E-state index contributed by atoms with van der Waals surface area (Å²) in [5.74, 6) is 0. The maximum absolute atomic E-state index is 9.37. The van der Waals surface area contributed by atoms with E-state index in [0.29, 0.717) is 0 Å². The Bertz CT molecular complexity index is 212. The zero-order valence-electron chi connectivity index (χ0n) is 8.80. The summed E-state index contributed by atoms with van der Waals surface area (Å²) >= 11 is 0. The van der Waals surface area contributed by atoms with Gasteiger partial charge in [-0.25, -0.2) is 0 Å². The molecule has 0 bridgehead atoms. The van der Waals surface area contributed by atoms with Crippen LogP contribution in [-0.4, -0.2) is 23.4 Å². The second-order valence-corrected chi connectivity index (χ2v) is 4.91. The van der Waals surface area contributed by atoms with E-state index in [-0.39, 0.29) is 24.0 Å². The van der Waals surface area contributed by atoms with Crippen LogP contribution in [-0.2, 0) is 0 Å². The fraction of sp³-hybridized carbons (Fsp3) is 0.818. The van der Waals surface area contributed by atoms with Crippen molar-refractivity contribution < 1.29 is 10.2 Å². The van der Waals surface area contributed by atoms with Crippen LogP contribution in [0.2, 0.25) is 0 Å². The van der Waals surface area contributed by atoms with Crippen LogP contribution in [0.1, 0.15) is 33.6 Å². The molecule has 1 rings (SSSR count). The van der Waals surface area contributed by atoms with Gasteiger partial charge < -0.3 is 10.2 Å². The molecule has 0 heterocycles. The molecule has 1 aliphatic carbocycles. The van der Waals surface area contributed by atoms with Crippen LogP contribution in [0.15, 0.2) is 11.6 Å². The predicted molar refractivity (Wildman–Crippen MR) is 53.4 cm³/mol. The highest BCUT2D eigenvalue weighted by Crippen LogP contribution is 2.49. The Hall–Kier alpha value is -0.340. The van der Waals surface area contributed by atoms with Gasteiger partial charge in [0.15, 0.2) is 0 Å². The molecule has 1 aliphatic rings. The first-order valence-electron chi connectivity index (χ1n) is 4.85. The first-order chi connectivity index (χ1) is 5.97. The molecule has 0 saturated carbocycles. The summed E-state index contributed by atoms with van der Waals surface area (Å²) in [6.07, 6.45) is 3.89. The summed E-state index contributed by atoms with van der Waals surface area (Å²) in [6, 6.07) is 0. The highest BCUT2D eigenvalue weighted by atomic mass is 16.3. The van der Waals surface area contributed by atoms with Crippen molar-refractivity contribution in [2.45, 2.75) is 33.6 Å². The molecule has 0 aromatic rings. The molecule has 2 N–H and O–H groups in total. The second kappa shape index (κ2) is 3.43. The zero-order chi connectivity index (χ0) is 10.1. The van der Waals surface area contributed by atoms with E-state index in [2.05, 4.69) is 26.8 Å². The van der Waals surface area contributed by atoms with Crippen LogP contribution in [0.5, 0.6) is 0 Å². The number of hydrogen-bond donors (Lipinski definition) is 2. The molecule has 0 unspecified atom stereocenters. The van der Waals surface area contributed by atoms with Crippen LogP contribution >= 0.6 is 0 Å². The molecule has 2 nitrogen and oxygen atoms in total. The number of hydrogen-bond acceptors (Lipinski definition) is 2. The van der Waals surface area contributed by atoms with Crippen LogP contribution in [0.3, 0.4) is 0 Å². The first kappa shape index (κ1) is 10.7. The molecule has 0 aromatic heterocycles. The highest BCUT2D eigenvalue weighted by molar-refractivity contribution is 5.13. The topological polar surface area (TPSA) is 40.5 Å². The molecular formula is C11H20O2. The van der Waals surface area contributed by atoms with E-state index in [1.165, 1.54) is 5.57 Å². The molecule has 0 fully saturated rings. The van der Waals surface area contributed by atoms with Crippen molar-refractivity contribution in [1.82, 2.24) is 0 Å². The van der Waals surface area contributed by atoms with Crippen molar-refractivity contribution >= 4 is 0 Å². The lowest BCUT2D eigenvalue weighted by Crippen LogP contribution is -2.45. The fourth-order valence-corrected chi connectivity index (χ4v) is 2.21. The number of allylic oxidation sites excluding steroid dienone is 2. The SMILES string of the molecule is CC1=CCC(CO)(CO)C(C)(C)C1. The van der Waals surface area contributed by atoms with Crippen LogP contribution in [0.4, 0.5) is 0 Å². The average molecular weight is 184 g/mol. The summed E-state index contributed by atoms with van der Waals surface area (Å²) < 4.78 is 0. The largest absolute Gasteiger partial charge is 0.396 e. The Labute approximate surface area is 80.3 Å². The molecule has 0 amide bonds. The normalized spacial score (nSPS) is 25.5. The highest BCUT2D eigenvalue weighted by Gasteiger charge is 2.45. The van der Waals surface area contributed by atoms with Gasteiger partial charge in [-0.15, -0.1) is 0 Å². The lowest BCUT2D eigenvalue weighted by molar-refractivity contribution is -0.0454. The Kier molecular flexibility index (Phi) is 2.83. The lowest BCUT2D eigenvalue weighted by atomic mass is 9.59. The van der Waals surface area contributed by atoms with Gasteiger partial charge in [0.2, 0.25) is 0 Å². The Balaban J connectivity index is 2.97. The van der Waals surface area contributed by atoms with E-state index in [9.17, 15) is 10.2 Å². The van der Waals surface area contributed by atoms with Crippen molar-refractivity contribution in [3.63, 3.8) is 0 Å². The third-order valence-electron chi connectivity index (χ3n) is 3.60. The van der Waals surface area contributed by atoms with Crippen molar-refractivity contribution in [3.8, 4) is 0 Å². The minimum atomic E-state index is -0.327. The smallest absolute Gasteiger partial charge is 0.0517 e. The minimum Gasteiger partial charge on any atom is -0.396 e. The van der Waals surface area contributed by atoms with Gasteiger partial charge in [-0.2, -0.15) is 0 Å². The molecule has 2 heteroatoms. The monoisotopic (exact) mass is 184 g/mol. The molecule has 0 radical (unpaired) electrons. The minimum absolute atomic E-state index is 0.00463. The third kappa shape index (κ3) is 1.65. The van der Waals surface area contributed by atoms with E-state index in [4.69, 9.17) is 0 Å². The quantitative estimate of drug-likeness (QED) is 0.642. The Morgan fingerprint density at radius 1 is 1.31 bits per heavy atom. The van der Waals surface area contributed by atoms with Crippen LogP contribution in [0, 0.1) is 10.8 Å². The third-order valence-corrected chi connectivity index (χ3v) is 3.60. The molecule has 0 aromatic carbocycles. The summed E-state index contributed by atoms with van der Waals surface area (Å²) in [4.78, 5) is 0. The average Bonchev–Trinajstić information content (AvgIpc) is 2.04. The standard InChI is InChI=1S/C11H20O2/c1-9-4-5-11(7-12,8-13)10(2,3)6-9/h4,12-13H,5-8H2,1-3H3. The van der Waals surface area contributed by atoms with E-state index >= 15 is 0 Å².